The van der Waals surface area contributed by atoms with Crippen molar-refractivity contribution in [2.45, 2.75) is 6.10 Å². The van der Waals surface area contributed by atoms with E-state index in [1.807, 2.05) is 0 Å². The number of aliphatic hydroxyl groups is 1. The van der Waals surface area contributed by atoms with Crippen molar-refractivity contribution in [3.63, 3.8) is 0 Å². The van der Waals surface area contributed by atoms with E-state index < -0.39 is 6.10 Å². The number of aromatic hydroxyl groups is 1. The highest BCUT2D eigenvalue weighted by molar-refractivity contribution is 9.09. The summed E-state index contributed by atoms with van der Waals surface area (Å²) in [6.45, 7) is 0. The van der Waals surface area contributed by atoms with E-state index in [1.54, 1.807) is 24.3 Å². The minimum Gasteiger partial charge on any atom is -0.508 e. The highest BCUT2D eigenvalue weighted by atomic mass is 79.9. The molecule has 0 saturated heterocycles. The Labute approximate surface area is 73.6 Å². The Hall–Kier alpha value is -0.540. The summed E-state index contributed by atoms with van der Waals surface area (Å²) in [6.07, 6.45) is -0.540. The van der Waals surface area contributed by atoms with Gasteiger partial charge in [-0.3, -0.25) is 0 Å². The van der Waals surface area contributed by atoms with E-state index in [0.29, 0.717) is 5.33 Å². The molecule has 1 aromatic rings. The first-order valence-corrected chi connectivity index (χ1v) is 4.39. The number of aliphatic hydroxyl groups excluding tert-OH is 1. The summed E-state index contributed by atoms with van der Waals surface area (Å²) < 4.78 is 0. The Morgan fingerprint density at radius 1 is 1.45 bits per heavy atom. The molecule has 1 atom stereocenters. The van der Waals surface area contributed by atoms with Crippen molar-refractivity contribution >= 4 is 15.9 Å². The number of phenolic OH excluding ortho intramolecular Hbond substituents is 1. The monoisotopic (exact) mass is 216 g/mol. The number of halogens is 1. The molecule has 3 heteroatoms. The second-order valence-corrected chi connectivity index (χ2v) is 2.91. The van der Waals surface area contributed by atoms with E-state index in [4.69, 9.17) is 5.11 Å². The van der Waals surface area contributed by atoms with Crippen LogP contribution in [0.5, 0.6) is 5.75 Å². The molecule has 0 fully saturated rings. The van der Waals surface area contributed by atoms with Crippen LogP contribution in [0.1, 0.15) is 11.7 Å². The molecule has 0 saturated carbocycles. The molecule has 2 N–H and O–H groups in total. The van der Waals surface area contributed by atoms with Gasteiger partial charge in [-0.15, -0.1) is 0 Å². The maximum Gasteiger partial charge on any atom is 0.115 e. The molecule has 0 aliphatic heterocycles. The zero-order valence-electron chi connectivity index (χ0n) is 5.87. The highest BCUT2D eigenvalue weighted by Crippen LogP contribution is 2.19. The Morgan fingerprint density at radius 3 is 2.73 bits per heavy atom. The molecule has 0 heterocycles. The van der Waals surface area contributed by atoms with Crippen LogP contribution in [0, 0.1) is 0 Å². The molecule has 60 valence electrons. The van der Waals surface area contributed by atoms with Crippen LogP contribution in [0.2, 0.25) is 0 Å². The second-order valence-electron chi connectivity index (χ2n) is 2.27. The van der Waals surface area contributed by atoms with Crippen molar-refractivity contribution in [2.75, 3.05) is 5.33 Å². The molecule has 0 bridgehead atoms. The summed E-state index contributed by atoms with van der Waals surface area (Å²) in [5.74, 6) is 0.183. The summed E-state index contributed by atoms with van der Waals surface area (Å²) in [5, 5.41) is 18.8. The number of alkyl halides is 1. The fourth-order valence-corrected chi connectivity index (χ4v) is 1.19. The lowest BCUT2D eigenvalue weighted by Gasteiger charge is -2.06. The summed E-state index contributed by atoms with van der Waals surface area (Å²) in [7, 11) is 0. The maximum atomic E-state index is 9.30. The largest absolute Gasteiger partial charge is 0.508 e. The van der Waals surface area contributed by atoms with Gasteiger partial charge in [-0.2, -0.15) is 0 Å². The fraction of sp³-hybridized carbons (Fsp3) is 0.250. The Kier molecular flexibility index (Phi) is 2.91. The van der Waals surface area contributed by atoms with Crippen molar-refractivity contribution in [1.29, 1.82) is 0 Å². The van der Waals surface area contributed by atoms with Gasteiger partial charge in [-0.25, -0.2) is 0 Å². The molecule has 0 aliphatic rings. The molecule has 0 aliphatic carbocycles. The fourth-order valence-electron chi connectivity index (χ4n) is 0.821. The minimum atomic E-state index is -0.540. The quantitative estimate of drug-likeness (QED) is 0.741. The first-order chi connectivity index (χ1) is 5.24. The molecule has 1 aromatic carbocycles. The molecular weight excluding hydrogens is 208 g/mol. The van der Waals surface area contributed by atoms with Gasteiger partial charge in [-0.1, -0.05) is 28.1 Å². The topological polar surface area (TPSA) is 40.5 Å². The summed E-state index contributed by atoms with van der Waals surface area (Å²) in [5.41, 5.74) is 0.724. The molecule has 0 amide bonds. The van der Waals surface area contributed by atoms with Crippen molar-refractivity contribution in [2.24, 2.45) is 0 Å². The SMILES string of the molecule is Oc1cccc([C@@H](O)CBr)c1. The van der Waals surface area contributed by atoms with Gasteiger partial charge in [0.15, 0.2) is 0 Å². The average Bonchev–Trinajstić information content (AvgIpc) is 2.03. The third-order valence-electron chi connectivity index (χ3n) is 1.40. The number of hydrogen-bond acceptors (Lipinski definition) is 2. The molecular formula is C8H9BrO2. The smallest absolute Gasteiger partial charge is 0.115 e. The van der Waals surface area contributed by atoms with Gasteiger partial charge in [0.2, 0.25) is 0 Å². The van der Waals surface area contributed by atoms with Crippen LogP contribution in [0.25, 0.3) is 0 Å². The first kappa shape index (κ1) is 8.56. The van der Waals surface area contributed by atoms with Crippen LogP contribution >= 0.6 is 15.9 Å². The molecule has 11 heavy (non-hydrogen) atoms. The lowest BCUT2D eigenvalue weighted by Crippen LogP contribution is -1.96. The summed E-state index contributed by atoms with van der Waals surface area (Å²) in [6, 6.07) is 6.60. The lowest BCUT2D eigenvalue weighted by atomic mass is 10.1. The van der Waals surface area contributed by atoms with Crippen molar-refractivity contribution < 1.29 is 10.2 Å². The summed E-state index contributed by atoms with van der Waals surface area (Å²) >= 11 is 3.14. The van der Waals surface area contributed by atoms with Crippen LogP contribution in [-0.2, 0) is 0 Å². The van der Waals surface area contributed by atoms with E-state index in [1.165, 1.54) is 0 Å². The molecule has 0 aromatic heterocycles. The van der Waals surface area contributed by atoms with E-state index in [2.05, 4.69) is 15.9 Å². The van der Waals surface area contributed by atoms with Gasteiger partial charge < -0.3 is 10.2 Å². The normalized spacial score (nSPS) is 12.9. The van der Waals surface area contributed by atoms with Gasteiger partial charge in [0.1, 0.15) is 5.75 Å². The number of benzene rings is 1. The van der Waals surface area contributed by atoms with E-state index in [-0.39, 0.29) is 5.75 Å². The number of rotatable bonds is 2. The zero-order chi connectivity index (χ0) is 8.27. The third kappa shape index (κ3) is 2.20. The highest BCUT2D eigenvalue weighted by Gasteiger charge is 2.04. The average molecular weight is 217 g/mol. The molecule has 2 nitrogen and oxygen atoms in total. The lowest BCUT2D eigenvalue weighted by molar-refractivity contribution is 0.205. The van der Waals surface area contributed by atoms with Gasteiger partial charge >= 0.3 is 0 Å². The molecule has 0 radical (unpaired) electrons. The Morgan fingerprint density at radius 2 is 2.18 bits per heavy atom. The van der Waals surface area contributed by atoms with Crippen LogP contribution < -0.4 is 0 Å². The Bertz CT molecular complexity index is 237. The van der Waals surface area contributed by atoms with Crippen LogP contribution in [0.3, 0.4) is 0 Å². The van der Waals surface area contributed by atoms with Gasteiger partial charge in [0, 0.05) is 5.33 Å². The van der Waals surface area contributed by atoms with Crippen LogP contribution in [-0.4, -0.2) is 15.5 Å². The van der Waals surface area contributed by atoms with Gasteiger partial charge in [-0.05, 0) is 17.7 Å². The second kappa shape index (κ2) is 3.74. The van der Waals surface area contributed by atoms with E-state index in [0.717, 1.165) is 5.56 Å². The third-order valence-corrected chi connectivity index (χ3v) is 2.01. The molecule has 1 rings (SSSR count). The minimum absolute atomic E-state index is 0.183. The van der Waals surface area contributed by atoms with Crippen LogP contribution in [0.4, 0.5) is 0 Å². The molecule has 0 spiro atoms. The Balaban J connectivity index is 2.86. The van der Waals surface area contributed by atoms with E-state index >= 15 is 0 Å². The zero-order valence-corrected chi connectivity index (χ0v) is 7.45. The standard InChI is InChI=1S/C8H9BrO2/c9-5-8(11)6-2-1-3-7(10)4-6/h1-4,8,10-11H,5H2/t8-/m0/s1. The van der Waals surface area contributed by atoms with Crippen molar-refractivity contribution in [1.82, 2.24) is 0 Å². The van der Waals surface area contributed by atoms with Gasteiger partial charge in [0.05, 0.1) is 6.10 Å². The van der Waals surface area contributed by atoms with Gasteiger partial charge in [0.25, 0.3) is 0 Å². The first-order valence-electron chi connectivity index (χ1n) is 3.27. The predicted octanol–water partition coefficient (Wildman–Crippen LogP) is 1.82. The van der Waals surface area contributed by atoms with Crippen LogP contribution in [0.15, 0.2) is 24.3 Å². The van der Waals surface area contributed by atoms with Crippen molar-refractivity contribution in [3.05, 3.63) is 29.8 Å². The van der Waals surface area contributed by atoms with E-state index in [9.17, 15) is 5.11 Å². The maximum absolute atomic E-state index is 9.30. The molecule has 0 unspecified atom stereocenters. The summed E-state index contributed by atoms with van der Waals surface area (Å²) in [4.78, 5) is 0. The number of phenols is 1. The van der Waals surface area contributed by atoms with Crippen molar-refractivity contribution in [3.8, 4) is 5.75 Å². The predicted molar refractivity (Wildman–Crippen MR) is 46.9 cm³/mol. The number of hydrogen-bond donors (Lipinski definition) is 2.